The zero-order chi connectivity index (χ0) is 13.9. The molecular weight excluding hydrogens is 208 g/mol. The molecule has 0 N–H and O–H groups in total. The maximum atomic E-state index is 5.55. The van der Waals surface area contributed by atoms with Gasteiger partial charge in [-0.2, -0.15) is 0 Å². The average Bonchev–Trinajstić information content (AvgIpc) is 2.41. The molecule has 0 aliphatic heterocycles. The highest BCUT2D eigenvalue weighted by Crippen LogP contribution is 2.03. The van der Waals surface area contributed by atoms with E-state index < -0.39 is 0 Å². The molecule has 0 heterocycles. The van der Waals surface area contributed by atoms with Crippen molar-refractivity contribution in [3.8, 4) is 0 Å². The molecule has 0 aliphatic rings. The molecule has 0 amide bonds. The van der Waals surface area contributed by atoms with Crippen LogP contribution in [0.2, 0.25) is 0 Å². The standard InChI is InChI=1S/C12H22O.2C2H6/c1-4-7-8-10-12(9-5-2)13-11-6-3;2*1-2/h8-10H,4-7,11H2,1-3H3;2*1-2H3/b10-8?,12-9+;;. The molecular formula is C16H34O. The van der Waals surface area contributed by atoms with Crippen LogP contribution in [0.3, 0.4) is 0 Å². The molecule has 104 valence electrons. The van der Waals surface area contributed by atoms with Crippen molar-refractivity contribution in [3.63, 3.8) is 0 Å². The van der Waals surface area contributed by atoms with Crippen LogP contribution < -0.4 is 0 Å². The van der Waals surface area contributed by atoms with Crippen molar-refractivity contribution in [1.82, 2.24) is 0 Å². The third kappa shape index (κ3) is 21.2. The van der Waals surface area contributed by atoms with Gasteiger partial charge in [0.15, 0.2) is 0 Å². The zero-order valence-electron chi connectivity index (χ0n) is 13.2. The Labute approximate surface area is 110 Å². The largest absolute Gasteiger partial charge is 0.494 e. The van der Waals surface area contributed by atoms with Crippen LogP contribution in [0.5, 0.6) is 0 Å². The Balaban J connectivity index is -0.000000439. The molecule has 0 aromatic carbocycles. The Morgan fingerprint density at radius 3 is 1.94 bits per heavy atom. The summed E-state index contributed by atoms with van der Waals surface area (Å²) in [6.07, 6.45) is 10.8. The number of allylic oxidation sites excluding steroid dienone is 3. The quantitative estimate of drug-likeness (QED) is 0.386. The molecule has 1 nitrogen and oxygen atoms in total. The Hall–Kier alpha value is -0.720. The Morgan fingerprint density at radius 2 is 1.53 bits per heavy atom. The minimum absolute atomic E-state index is 0.822. The molecule has 17 heavy (non-hydrogen) atoms. The molecule has 0 aromatic heterocycles. The molecule has 1 heteroatoms. The molecule has 0 aliphatic carbocycles. The summed E-state index contributed by atoms with van der Waals surface area (Å²) in [5.41, 5.74) is 0. The van der Waals surface area contributed by atoms with Crippen molar-refractivity contribution in [2.45, 2.75) is 74.1 Å². The van der Waals surface area contributed by atoms with E-state index in [2.05, 4.69) is 39.0 Å². The van der Waals surface area contributed by atoms with Gasteiger partial charge in [0.2, 0.25) is 0 Å². The van der Waals surface area contributed by atoms with E-state index in [0.717, 1.165) is 31.6 Å². The topological polar surface area (TPSA) is 9.23 Å². The summed E-state index contributed by atoms with van der Waals surface area (Å²) in [5, 5.41) is 0. The molecule has 0 bridgehead atoms. The number of hydrogen-bond acceptors (Lipinski definition) is 1. The number of rotatable bonds is 7. The Morgan fingerprint density at radius 1 is 0.941 bits per heavy atom. The van der Waals surface area contributed by atoms with E-state index in [1.54, 1.807) is 0 Å². The van der Waals surface area contributed by atoms with Gasteiger partial charge in [0.1, 0.15) is 5.76 Å². The summed E-state index contributed by atoms with van der Waals surface area (Å²) in [4.78, 5) is 0. The molecule has 0 saturated heterocycles. The lowest BCUT2D eigenvalue weighted by molar-refractivity contribution is 0.223. The summed E-state index contributed by atoms with van der Waals surface area (Å²) < 4.78 is 5.55. The summed E-state index contributed by atoms with van der Waals surface area (Å²) in [5.74, 6) is 1.03. The smallest absolute Gasteiger partial charge is 0.114 e. The van der Waals surface area contributed by atoms with Crippen LogP contribution in [0.4, 0.5) is 0 Å². The predicted octanol–water partition coefficient (Wildman–Crippen LogP) is 6.12. The fourth-order valence-corrected chi connectivity index (χ4v) is 0.962. The highest BCUT2D eigenvalue weighted by molar-refractivity contribution is 5.11. The van der Waals surface area contributed by atoms with Crippen molar-refractivity contribution in [2.24, 2.45) is 0 Å². The summed E-state index contributed by atoms with van der Waals surface area (Å²) >= 11 is 0. The minimum atomic E-state index is 0.822. The van der Waals surface area contributed by atoms with E-state index in [0.29, 0.717) is 0 Å². The molecule has 0 aromatic rings. The van der Waals surface area contributed by atoms with Crippen molar-refractivity contribution in [2.75, 3.05) is 6.61 Å². The van der Waals surface area contributed by atoms with Crippen LogP contribution in [0.25, 0.3) is 0 Å². The maximum Gasteiger partial charge on any atom is 0.114 e. The SMILES string of the molecule is CC.CC.CC/C=C(\C=CCCC)OCCC. The highest BCUT2D eigenvalue weighted by Gasteiger charge is 1.89. The molecule has 0 fully saturated rings. The van der Waals surface area contributed by atoms with E-state index >= 15 is 0 Å². The second kappa shape index (κ2) is 24.5. The van der Waals surface area contributed by atoms with Gasteiger partial charge in [-0.3, -0.25) is 0 Å². The van der Waals surface area contributed by atoms with E-state index in [9.17, 15) is 0 Å². The van der Waals surface area contributed by atoms with Gasteiger partial charge in [-0.15, -0.1) is 0 Å². The molecule has 0 saturated carbocycles. The van der Waals surface area contributed by atoms with Crippen molar-refractivity contribution < 1.29 is 4.74 Å². The molecule has 0 atom stereocenters. The first kappa shape index (κ1) is 21.6. The summed E-state index contributed by atoms with van der Waals surface area (Å²) in [6, 6.07) is 0. The third-order valence-electron chi connectivity index (χ3n) is 1.62. The van der Waals surface area contributed by atoms with E-state index in [1.807, 2.05) is 27.7 Å². The van der Waals surface area contributed by atoms with Crippen molar-refractivity contribution >= 4 is 0 Å². The van der Waals surface area contributed by atoms with E-state index in [1.165, 1.54) is 6.42 Å². The van der Waals surface area contributed by atoms with Gasteiger partial charge in [0.25, 0.3) is 0 Å². The maximum absolute atomic E-state index is 5.55. The second-order valence-electron chi connectivity index (χ2n) is 3.05. The molecule has 0 unspecified atom stereocenters. The van der Waals surface area contributed by atoms with Gasteiger partial charge in [0, 0.05) is 0 Å². The lowest BCUT2D eigenvalue weighted by atomic mass is 10.3. The van der Waals surface area contributed by atoms with Crippen molar-refractivity contribution in [3.05, 3.63) is 24.0 Å². The fraction of sp³-hybridized carbons (Fsp3) is 0.750. The number of unbranched alkanes of at least 4 members (excludes halogenated alkanes) is 1. The summed E-state index contributed by atoms with van der Waals surface area (Å²) in [6.45, 7) is 15.3. The van der Waals surface area contributed by atoms with Crippen LogP contribution in [0, 0.1) is 0 Å². The Bertz CT molecular complexity index is 157. The fourth-order valence-electron chi connectivity index (χ4n) is 0.962. The lowest BCUT2D eigenvalue weighted by Crippen LogP contribution is -1.90. The van der Waals surface area contributed by atoms with Crippen LogP contribution in [-0.4, -0.2) is 6.61 Å². The van der Waals surface area contributed by atoms with Gasteiger partial charge in [-0.05, 0) is 31.4 Å². The lowest BCUT2D eigenvalue weighted by Gasteiger charge is -2.04. The molecule has 0 rings (SSSR count). The third-order valence-corrected chi connectivity index (χ3v) is 1.62. The van der Waals surface area contributed by atoms with Gasteiger partial charge in [-0.1, -0.05) is 61.0 Å². The zero-order valence-corrected chi connectivity index (χ0v) is 13.2. The first-order valence-corrected chi connectivity index (χ1v) is 7.34. The van der Waals surface area contributed by atoms with Crippen molar-refractivity contribution in [1.29, 1.82) is 0 Å². The van der Waals surface area contributed by atoms with Gasteiger partial charge in [0.05, 0.1) is 6.61 Å². The van der Waals surface area contributed by atoms with E-state index in [4.69, 9.17) is 4.74 Å². The van der Waals surface area contributed by atoms with Gasteiger partial charge < -0.3 is 4.74 Å². The van der Waals surface area contributed by atoms with Crippen LogP contribution in [-0.2, 0) is 4.74 Å². The second-order valence-corrected chi connectivity index (χ2v) is 3.05. The normalized spacial score (nSPS) is 10.2. The summed E-state index contributed by atoms with van der Waals surface area (Å²) in [7, 11) is 0. The minimum Gasteiger partial charge on any atom is -0.494 e. The number of hydrogen-bond donors (Lipinski definition) is 0. The average molecular weight is 242 g/mol. The van der Waals surface area contributed by atoms with Crippen LogP contribution >= 0.6 is 0 Å². The molecule has 0 spiro atoms. The first-order chi connectivity index (χ1) is 8.35. The van der Waals surface area contributed by atoms with E-state index in [-0.39, 0.29) is 0 Å². The van der Waals surface area contributed by atoms with Crippen LogP contribution in [0.15, 0.2) is 24.0 Å². The highest BCUT2D eigenvalue weighted by atomic mass is 16.5. The Kier molecular flexibility index (Phi) is 31.0. The predicted molar refractivity (Wildman–Crippen MR) is 81.4 cm³/mol. The van der Waals surface area contributed by atoms with Gasteiger partial charge in [-0.25, -0.2) is 0 Å². The molecule has 0 radical (unpaired) electrons. The monoisotopic (exact) mass is 242 g/mol. The first-order valence-electron chi connectivity index (χ1n) is 7.34. The van der Waals surface area contributed by atoms with Crippen LogP contribution in [0.1, 0.15) is 74.1 Å². The number of ether oxygens (including phenoxy) is 1. The van der Waals surface area contributed by atoms with Gasteiger partial charge >= 0.3 is 0 Å².